The molecule has 3 N–H and O–H groups in total. The molecule has 8 nitrogen and oxygen atoms in total. The number of aliphatic hydroxyl groups excluding tert-OH is 3. The lowest BCUT2D eigenvalue weighted by Crippen LogP contribution is -2.34. The number of rotatable bonds is 11. The van der Waals surface area contributed by atoms with Crippen molar-refractivity contribution in [3.8, 4) is 11.5 Å². The van der Waals surface area contributed by atoms with Gasteiger partial charge >= 0.3 is 0 Å². The van der Waals surface area contributed by atoms with Gasteiger partial charge in [-0.25, -0.2) is 0 Å². The van der Waals surface area contributed by atoms with Gasteiger partial charge in [-0.3, -0.25) is 4.79 Å². The number of unbranched alkanes of at least 4 members (excludes halogenated alkanes) is 1. The number of aliphatic hydroxyl groups is 3. The second-order valence-electron chi connectivity index (χ2n) is 9.30. The minimum Gasteiger partial charge on any atom is -0.493 e. The fourth-order valence-electron chi connectivity index (χ4n) is 4.37. The summed E-state index contributed by atoms with van der Waals surface area (Å²) in [6.45, 7) is 4.48. The van der Waals surface area contributed by atoms with Crippen molar-refractivity contribution in [3.05, 3.63) is 58.8 Å². The molecule has 0 saturated carbocycles. The van der Waals surface area contributed by atoms with E-state index in [1.165, 1.54) is 0 Å². The maximum absolute atomic E-state index is 13.5. The summed E-state index contributed by atoms with van der Waals surface area (Å²) in [5.74, 6) is 1.58. The fraction of sp³-hybridized carbons (Fsp3) is 0.444. The summed E-state index contributed by atoms with van der Waals surface area (Å²) in [5.41, 5.74) is 1.84. The first-order valence-corrected chi connectivity index (χ1v) is 11.8. The normalized spacial score (nSPS) is 16.0. The summed E-state index contributed by atoms with van der Waals surface area (Å²) in [7, 11) is 1.68. The topological polar surface area (TPSA) is 119 Å². The monoisotopic (exact) mass is 484 g/mol. The molecule has 3 aromatic rings. The number of ether oxygens (including phenoxy) is 3. The molecule has 0 bridgehead atoms. The van der Waals surface area contributed by atoms with Crippen molar-refractivity contribution in [1.82, 2.24) is 0 Å². The average molecular weight is 485 g/mol. The van der Waals surface area contributed by atoms with E-state index in [9.17, 15) is 15.0 Å². The molecule has 188 valence electrons. The van der Waals surface area contributed by atoms with Crippen molar-refractivity contribution >= 4 is 16.8 Å². The molecular weight excluding hydrogens is 452 g/mol. The highest BCUT2D eigenvalue weighted by molar-refractivity contribution is 6.19. The number of benzene rings is 2. The van der Waals surface area contributed by atoms with Gasteiger partial charge in [0.1, 0.15) is 41.7 Å². The Morgan fingerprint density at radius 3 is 2.43 bits per heavy atom. The van der Waals surface area contributed by atoms with Gasteiger partial charge in [-0.05, 0) is 62.6 Å². The van der Waals surface area contributed by atoms with Crippen molar-refractivity contribution in [2.45, 2.75) is 44.3 Å². The van der Waals surface area contributed by atoms with E-state index in [-0.39, 0.29) is 12.4 Å². The predicted octanol–water partition coefficient (Wildman–Crippen LogP) is 3.20. The Morgan fingerprint density at radius 1 is 0.971 bits per heavy atom. The van der Waals surface area contributed by atoms with E-state index in [4.69, 9.17) is 23.7 Å². The van der Waals surface area contributed by atoms with Crippen LogP contribution >= 0.6 is 0 Å². The zero-order valence-electron chi connectivity index (χ0n) is 20.2. The van der Waals surface area contributed by atoms with Crippen LogP contribution in [0.5, 0.6) is 11.5 Å². The smallest absolute Gasteiger partial charge is 0.197 e. The van der Waals surface area contributed by atoms with Crippen LogP contribution in [-0.4, -0.2) is 66.8 Å². The zero-order chi connectivity index (χ0) is 25.2. The minimum atomic E-state index is -1.29. The van der Waals surface area contributed by atoms with Crippen molar-refractivity contribution in [3.63, 3.8) is 0 Å². The van der Waals surface area contributed by atoms with E-state index in [1.54, 1.807) is 25.3 Å². The lowest BCUT2D eigenvalue weighted by molar-refractivity contribution is -0.0339. The summed E-state index contributed by atoms with van der Waals surface area (Å²) < 4.78 is 22.8. The van der Waals surface area contributed by atoms with Crippen LogP contribution in [0.4, 0.5) is 0 Å². The summed E-state index contributed by atoms with van der Waals surface area (Å²) >= 11 is 0. The molecule has 1 aliphatic carbocycles. The molecule has 0 amide bonds. The van der Waals surface area contributed by atoms with E-state index < -0.39 is 24.2 Å². The molecule has 2 aromatic carbocycles. The molecule has 0 spiro atoms. The van der Waals surface area contributed by atoms with Crippen LogP contribution in [0.1, 0.15) is 53.9 Å². The van der Waals surface area contributed by atoms with Gasteiger partial charge in [0.2, 0.25) is 0 Å². The lowest BCUT2D eigenvalue weighted by atomic mass is 9.71. The van der Waals surface area contributed by atoms with Crippen LogP contribution in [0.3, 0.4) is 0 Å². The number of carbonyl (C=O) groups excluding carboxylic acids is 1. The minimum absolute atomic E-state index is 0.122. The SMILES string of the molecule is COCCCCOc1ccc2c3c(oc2c1)C(C)(C)c1cc(OC[C@@H](O)[C@H](O)CO)ccc1C3=O. The van der Waals surface area contributed by atoms with Gasteiger partial charge in [0.15, 0.2) is 5.78 Å². The van der Waals surface area contributed by atoms with Gasteiger partial charge in [0.05, 0.1) is 18.8 Å². The maximum atomic E-state index is 13.5. The van der Waals surface area contributed by atoms with E-state index in [0.717, 1.165) is 23.8 Å². The number of carbonyl (C=O) groups is 1. The maximum Gasteiger partial charge on any atom is 0.197 e. The fourth-order valence-corrected chi connectivity index (χ4v) is 4.37. The quantitative estimate of drug-likeness (QED) is 0.355. The standard InChI is InChI=1S/C27H32O8/c1-27(2)20-12-16(34-15-22(30)21(29)14-28)6-8-18(20)25(31)24-19-9-7-17(13-23(19)35-26(24)27)33-11-5-4-10-32-3/h6-9,12-13,21-22,28-30H,4-5,10-11,14-15H2,1-3H3/t21-,22-/m1/s1. The molecule has 35 heavy (non-hydrogen) atoms. The molecule has 8 heteroatoms. The van der Waals surface area contributed by atoms with Gasteiger partial charge in [-0.2, -0.15) is 0 Å². The molecule has 0 fully saturated rings. The van der Waals surface area contributed by atoms with Crippen LogP contribution in [0.15, 0.2) is 40.8 Å². The third-order valence-electron chi connectivity index (χ3n) is 6.43. The van der Waals surface area contributed by atoms with Crippen molar-refractivity contribution < 1.29 is 38.7 Å². The van der Waals surface area contributed by atoms with E-state index in [0.29, 0.717) is 47.2 Å². The van der Waals surface area contributed by atoms with Gasteiger partial charge in [-0.1, -0.05) is 0 Å². The van der Waals surface area contributed by atoms with E-state index in [1.807, 2.05) is 32.0 Å². The molecule has 0 saturated heterocycles. The Balaban J connectivity index is 1.60. The Kier molecular flexibility index (Phi) is 7.47. The summed E-state index contributed by atoms with van der Waals surface area (Å²) in [6.07, 6.45) is -0.726. The molecular formula is C27H32O8. The van der Waals surface area contributed by atoms with Crippen LogP contribution in [0.25, 0.3) is 11.0 Å². The highest BCUT2D eigenvalue weighted by Gasteiger charge is 2.41. The summed E-state index contributed by atoms with van der Waals surface area (Å²) in [5, 5.41) is 29.1. The second-order valence-corrected chi connectivity index (χ2v) is 9.30. The van der Waals surface area contributed by atoms with Crippen molar-refractivity contribution in [2.75, 3.05) is 33.5 Å². The summed E-state index contributed by atoms with van der Waals surface area (Å²) in [6, 6.07) is 10.7. The first kappa shape index (κ1) is 25.2. The van der Waals surface area contributed by atoms with Gasteiger partial charge < -0.3 is 33.9 Å². The number of fused-ring (bicyclic) bond motifs is 4. The van der Waals surface area contributed by atoms with Crippen LogP contribution in [-0.2, 0) is 10.2 Å². The third kappa shape index (κ3) is 4.92. The van der Waals surface area contributed by atoms with E-state index in [2.05, 4.69) is 0 Å². The average Bonchev–Trinajstić information content (AvgIpc) is 3.25. The van der Waals surface area contributed by atoms with Crippen LogP contribution < -0.4 is 9.47 Å². The Labute approximate surface area is 204 Å². The second kappa shape index (κ2) is 10.4. The molecule has 1 heterocycles. The van der Waals surface area contributed by atoms with Gasteiger partial charge in [-0.15, -0.1) is 0 Å². The number of furan rings is 1. The summed E-state index contributed by atoms with van der Waals surface area (Å²) in [4.78, 5) is 13.5. The predicted molar refractivity (Wildman–Crippen MR) is 129 cm³/mol. The van der Waals surface area contributed by atoms with Crippen LogP contribution in [0.2, 0.25) is 0 Å². The van der Waals surface area contributed by atoms with E-state index >= 15 is 0 Å². The molecule has 0 unspecified atom stereocenters. The first-order chi connectivity index (χ1) is 16.8. The largest absolute Gasteiger partial charge is 0.493 e. The Hall–Kier alpha value is -2.91. The Morgan fingerprint density at radius 2 is 1.69 bits per heavy atom. The number of methoxy groups -OCH3 is 1. The van der Waals surface area contributed by atoms with Gasteiger partial charge in [0, 0.05) is 36.1 Å². The molecule has 0 aliphatic heterocycles. The number of ketones is 1. The highest BCUT2D eigenvalue weighted by Crippen LogP contribution is 2.46. The van der Waals surface area contributed by atoms with Crippen molar-refractivity contribution in [2.24, 2.45) is 0 Å². The lowest BCUT2D eigenvalue weighted by Gasteiger charge is -2.31. The van der Waals surface area contributed by atoms with Gasteiger partial charge in [0.25, 0.3) is 0 Å². The number of hydrogen-bond acceptors (Lipinski definition) is 8. The number of hydrogen-bond donors (Lipinski definition) is 3. The highest BCUT2D eigenvalue weighted by atomic mass is 16.5. The molecule has 4 rings (SSSR count). The molecule has 2 atom stereocenters. The molecule has 1 aromatic heterocycles. The first-order valence-electron chi connectivity index (χ1n) is 11.8. The van der Waals surface area contributed by atoms with Crippen molar-refractivity contribution in [1.29, 1.82) is 0 Å². The molecule has 1 aliphatic rings. The third-order valence-corrected chi connectivity index (χ3v) is 6.43. The zero-order valence-corrected chi connectivity index (χ0v) is 20.2. The molecule has 0 radical (unpaired) electrons. The Bertz CT molecular complexity index is 1200. The van der Waals surface area contributed by atoms with Crippen LogP contribution in [0, 0.1) is 0 Å².